The largest absolute Gasteiger partial charge is 0.462 e. The highest BCUT2D eigenvalue weighted by molar-refractivity contribution is 7.82. The molecule has 0 aliphatic carbocycles. The van der Waals surface area contributed by atoms with Gasteiger partial charge in [-0.1, -0.05) is 11.3 Å². The van der Waals surface area contributed by atoms with Crippen LogP contribution in [-0.2, 0) is 0 Å². The minimum atomic E-state index is 0.649. The maximum atomic E-state index is 5.11. The van der Waals surface area contributed by atoms with Gasteiger partial charge >= 0.3 is 0 Å². The zero-order valence-electron chi connectivity index (χ0n) is 5.39. The van der Waals surface area contributed by atoms with Crippen molar-refractivity contribution in [3.63, 3.8) is 0 Å². The van der Waals surface area contributed by atoms with E-state index in [1.807, 2.05) is 12.1 Å². The summed E-state index contributed by atoms with van der Waals surface area (Å²) in [5.41, 5.74) is 0. The fourth-order valence-corrected chi connectivity index (χ4v) is 1.57. The second-order valence-electron chi connectivity index (χ2n) is 1.87. The Morgan fingerprint density at radius 2 is 2.36 bits per heavy atom. The highest BCUT2D eigenvalue weighted by Crippen LogP contribution is 2.24. The Hall–Kier alpha value is -0.810. The van der Waals surface area contributed by atoms with Crippen LogP contribution in [0.5, 0.6) is 0 Å². The van der Waals surface area contributed by atoms with Crippen LogP contribution in [-0.4, -0.2) is 10.2 Å². The predicted molar refractivity (Wildman–Crippen MR) is 44.9 cm³/mol. The maximum Gasteiger partial charge on any atom is 0.184 e. The molecule has 2 heterocycles. The summed E-state index contributed by atoms with van der Waals surface area (Å²) in [5, 5.41) is 8.37. The fourth-order valence-electron chi connectivity index (χ4n) is 0.715. The van der Waals surface area contributed by atoms with Crippen LogP contribution in [0.25, 0.3) is 10.8 Å². The molecule has 56 valence electrons. The molecule has 0 saturated carbocycles. The van der Waals surface area contributed by atoms with Crippen LogP contribution < -0.4 is 0 Å². The van der Waals surface area contributed by atoms with Gasteiger partial charge in [0.1, 0.15) is 0 Å². The lowest BCUT2D eigenvalue weighted by Gasteiger charge is -1.82. The molecule has 0 unspecified atom stereocenters. The lowest BCUT2D eigenvalue weighted by molar-refractivity contribution is 0.581. The van der Waals surface area contributed by atoms with Gasteiger partial charge in [0.25, 0.3) is 0 Å². The minimum Gasteiger partial charge on any atom is -0.462 e. The lowest BCUT2D eigenvalue weighted by atomic mass is 10.5. The zero-order chi connectivity index (χ0) is 7.68. The zero-order valence-corrected chi connectivity index (χ0v) is 7.10. The van der Waals surface area contributed by atoms with Crippen molar-refractivity contribution in [2.75, 3.05) is 0 Å². The van der Waals surface area contributed by atoms with E-state index in [4.69, 9.17) is 4.42 Å². The molecule has 0 atom stereocenters. The first-order valence-corrected chi connectivity index (χ1v) is 4.19. The number of rotatable bonds is 1. The average molecular weight is 184 g/mol. The molecule has 0 spiro atoms. The number of thiol groups is 1. The number of nitrogens with zero attached hydrogens (tertiary/aromatic N) is 2. The first-order valence-electron chi connectivity index (χ1n) is 2.92. The Morgan fingerprint density at radius 3 is 2.91 bits per heavy atom. The third-order valence-corrected chi connectivity index (χ3v) is 2.25. The fraction of sp³-hybridized carbons (Fsp3) is 0. The van der Waals surface area contributed by atoms with Crippen molar-refractivity contribution in [2.45, 2.75) is 4.34 Å². The van der Waals surface area contributed by atoms with Crippen molar-refractivity contribution in [2.24, 2.45) is 0 Å². The number of hydrogen-bond donors (Lipinski definition) is 1. The summed E-state index contributed by atoms with van der Waals surface area (Å²) in [6.07, 6.45) is 1.61. The van der Waals surface area contributed by atoms with E-state index in [0.717, 1.165) is 10.8 Å². The molecule has 0 N–H and O–H groups in total. The standard InChI is InChI=1S/C6H4N2OS2/c10-6-8-7-5(11-6)4-2-1-3-9-4/h1-3H,(H,8,10). The summed E-state index contributed by atoms with van der Waals surface area (Å²) in [6, 6.07) is 3.66. The molecule has 0 radical (unpaired) electrons. The SMILES string of the molecule is Sc1nnc(-c2ccco2)s1. The number of aromatic nitrogens is 2. The van der Waals surface area contributed by atoms with Gasteiger partial charge in [-0.25, -0.2) is 0 Å². The van der Waals surface area contributed by atoms with E-state index in [2.05, 4.69) is 22.8 Å². The van der Waals surface area contributed by atoms with E-state index < -0.39 is 0 Å². The van der Waals surface area contributed by atoms with Gasteiger partial charge in [0.15, 0.2) is 15.1 Å². The molecule has 3 nitrogen and oxygen atoms in total. The molecule has 0 aromatic carbocycles. The van der Waals surface area contributed by atoms with Crippen molar-refractivity contribution in [1.29, 1.82) is 0 Å². The molecule has 11 heavy (non-hydrogen) atoms. The Labute approximate surface area is 72.5 Å². The van der Waals surface area contributed by atoms with Crippen molar-refractivity contribution < 1.29 is 4.42 Å². The van der Waals surface area contributed by atoms with Crippen LogP contribution in [0.2, 0.25) is 0 Å². The summed E-state index contributed by atoms with van der Waals surface area (Å²) in [5.74, 6) is 0.739. The second kappa shape index (κ2) is 2.67. The Bertz CT molecular complexity index is 341. The molecule has 0 saturated heterocycles. The van der Waals surface area contributed by atoms with Gasteiger partial charge < -0.3 is 4.42 Å². The summed E-state index contributed by atoms with van der Waals surface area (Å²) in [4.78, 5) is 0. The van der Waals surface area contributed by atoms with Crippen molar-refractivity contribution in [3.8, 4) is 10.8 Å². The molecular weight excluding hydrogens is 180 g/mol. The van der Waals surface area contributed by atoms with E-state index in [9.17, 15) is 0 Å². The first-order chi connectivity index (χ1) is 5.36. The van der Waals surface area contributed by atoms with Crippen LogP contribution in [0.15, 0.2) is 27.2 Å². The van der Waals surface area contributed by atoms with Gasteiger partial charge in [0.2, 0.25) is 0 Å². The second-order valence-corrected chi connectivity index (χ2v) is 3.57. The van der Waals surface area contributed by atoms with Gasteiger partial charge in [-0.3, -0.25) is 0 Å². The van der Waals surface area contributed by atoms with Crippen LogP contribution in [0.4, 0.5) is 0 Å². The smallest absolute Gasteiger partial charge is 0.184 e. The van der Waals surface area contributed by atoms with E-state index >= 15 is 0 Å². The van der Waals surface area contributed by atoms with Crippen molar-refractivity contribution >= 4 is 24.0 Å². The van der Waals surface area contributed by atoms with Gasteiger partial charge in [0.05, 0.1) is 6.26 Å². The van der Waals surface area contributed by atoms with E-state index in [1.165, 1.54) is 11.3 Å². The molecule has 0 amide bonds. The third-order valence-electron chi connectivity index (χ3n) is 1.15. The third kappa shape index (κ3) is 1.29. The maximum absolute atomic E-state index is 5.11. The molecule has 2 aromatic heterocycles. The Balaban J connectivity index is 2.45. The van der Waals surface area contributed by atoms with E-state index in [1.54, 1.807) is 6.26 Å². The highest BCUT2D eigenvalue weighted by atomic mass is 32.2. The van der Waals surface area contributed by atoms with Gasteiger partial charge in [-0.05, 0) is 12.1 Å². The summed E-state index contributed by atoms with van der Waals surface area (Å²) >= 11 is 5.43. The monoisotopic (exact) mass is 184 g/mol. The van der Waals surface area contributed by atoms with Crippen LogP contribution in [0.3, 0.4) is 0 Å². The van der Waals surface area contributed by atoms with Gasteiger partial charge in [-0.15, -0.1) is 22.8 Å². The summed E-state index contributed by atoms with van der Waals surface area (Å²) < 4.78 is 5.76. The average Bonchev–Trinajstić information content (AvgIpc) is 2.55. The lowest BCUT2D eigenvalue weighted by Crippen LogP contribution is -1.70. The topological polar surface area (TPSA) is 38.9 Å². The molecule has 0 aliphatic rings. The van der Waals surface area contributed by atoms with Crippen LogP contribution >= 0.6 is 24.0 Å². The predicted octanol–water partition coefficient (Wildman–Crippen LogP) is 2.09. The van der Waals surface area contributed by atoms with E-state index in [0.29, 0.717) is 4.34 Å². The Kier molecular flexibility index (Phi) is 1.67. The molecule has 2 aromatic rings. The molecule has 0 aliphatic heterocycles. The molecule has 5 heteroatoms. The highest BCUT2D eigenvalue weighted by Gasteiger charge is 2.05. The molecular formula is C6H4N2OS2. The van der Waals surface area contributed by atoms with Gasteiger partial charge in [-0.2, -0.15) is 0 Å². The first kappa shape index (κ1) is 6.87. The number of furan rings is 1. The van der Waals surface area contributed by atoms with Crippen LogP contribution in [0.1, 0.15) is 0 Å². The van der Waals surface area contributed by atoms with E-state index in [-0.39, 0.29) is 0 Å². The van der Waals surface area contributed by atoms with Crippen molar-refractivity contribution in [3.05, 3.63) is 18.4 Å². The Morgan fingerprint density at radius 1 is 1.45 bits per heavy atom. The summed E-state index contributed by atoms with van der Waals surface area (Å²) in [7, 11) is 0. The van der Waals surface area contributed by atoms with Crippen LogP contribution in [0, 0.1) is 0 Å². The molecule has 0 bridgehead atoms. The number of hydrogen-bond acceptors (Lipinski definition) is 5. The van der Waals surface area contributed by atoms with Crippen molar-refractivity contribution in [1.82, 2.24) is 10.2 Å². The van der Waals surface area contributed by atoms with Gasteiger partial charge in [0, 0.05) is 0 Å². The molecule has 0 fully saturated rings. The minimum absolute atomic E-state index is 0.649. The normalized spacial score (nSPS) is 10.3. The summed E-state index contributed by atoms with van der Waals surface area (Å²) in [6.45, 7) is 0. The molecule has 2 rings (SSSR count). The quantitative estimate of drug-likeness (QED) is 0.690.